The van der Waals surface area contributed by atoms with Crippen LogP contribution in [0.2, 0.25) is 0 Å². The molecule has 1 aromatic rings. The van der Waals surface area contributed by atoms with E-state index in [4.69, 9.17) is 9.15 Å². The second-order valence-electron chi connectivity index (χ2n) is 5.21. The number of carbonyl (C=O) groups is 1. The molecule has 1 fully saturated rings. The van der Waals surface area contributed by atoms with E-state index in [1.807, 2.05) is 12.1 Å². The lowest BCUT2D eigenvalue weighted by Crippen LogP contribution is -2.53. The summed E-state index contributed by atoms with van der Waals surface area (Å²) in [6.45, 7) is 4.76. The van der Waals surface area contributed by atoms with Crippen LogP contribution in [0.5, 0.6) is 0 Å². The minimum atomic E-state index is -0.338. The average molecular weight is 280 g/mol. The predicted molar refractivity (Wildman–Crippen MR) is 76.2 cm³/mol. The van der Waals surface area contributed by atoms with Crippen LogP contribution in [0.1, 0.15) is 38.4 Å². The number of hydrogen-bond acceptors (Lipinski definition) is 4. The van der Waals surface area contributed by atoms with Gasteiger partial charge in [0.2, 0.25) is 5.91 Å². The van der Waals surface area contributed by atoms with Gasteiger partial charge in [-0.3, -0.25) is 4.79 Å². The number of rotatable bonds is 8. The van der Waals surface area contributed by atoms with Gasteiger partial charge in [-0.2, -0.15) is 0 Å². The van der Waals surface area contributed by atoms with Gasteiger partial charge in [0.25, 0.3) is 0 Å². The van der Waals surface area contributed by atoms with Crippen LogP contribution in [0.25, 0.3) is 0 Å². The molecule has 1 aliphatic rings. The van der Waals surface area contributed by atoms with Gasteiger partial charge in [0.1, 0.15) is 12.4 Å². The van der Waals surface area contributed by atoms with Gasteiger partial charge >= 0.3 is 0 Å². The van der Waals surface area contributed by atoms with Gasteiger partial charge in [-0.25, -0.2) is 0 Å². The van der Waals surface area contributed by atoms with Gasteiger partial charge in [-0.1, -0.05) is 6.92 Å². The smallest absolute Gasteiger partial charge is 0.240 e. The molecule has 1 aliphatic heterocycles. The normalized spacial score (nSPS) is 22.1. The summed E-state index contributed by atoms with van der Waals surface area (Å²) in [5, 5.41) is 6.34. The van der Waals surface area contributed by atoms with E-state index in [1.165, 1.54) is 0 Å². The Morgan fingerprint density at radius 2 is 2.50 bits per heavy atom. The highest BCUT2D eigenvalue weighted by Crippen LogP contribution is 2.22. The number of nitrogens with one attached hydrogen (secondary N) is 2. The van der Waals surface area contributed by atoms with Crippen molar-refractivity contribution < 1.29 is 13.9 Å². The van der Waals surface area contributed by atoms with Crippen molar-refractivity contribution in [1.82, 2.24) is 10.6 Å². The second-order valence-corrected chi connectivity index (χ2v) is 5.21. The molecule has 5 nitrogen and oxygen atoms in total. The maximum atomic E-state index is 12.2. The number of hydrogen-bond donors (Lipinski definition) is 2. The van der Waals surface area contributed by atoms with E-state index in [0.717, 1.165) is 38.0 Å². The van der Waals surface area contributed by atoms with Crippen LogP contribution in [0.3, 0.4) is 0 Å². The zero-order chi connectivity index (χ0) is 14.3. The Hall–Kier alpha value is -1.33. The van der Waals surface area contributed by atoms with E-state index in [2.05, 4.69) is 17.6 Å². The van der Waals surface area contributed by atoms with E-state index in [0.29, 0.717) is 19.8 Å². The molecule has 112 valence electrons. The Labute approximate surface area is 120 Å². The van der Waals surface area contributed by atoms with Crippen molar-refractivity contribution in [2.75, 3.05) is 19.7 Å². The van der Waals surface area contributed by atoms with E-state index in [-0.39, 0.29) is 11.4 Å². The summed E-state index contributed by atoms with van der Waals surface area (Å²) in [6.07, 6.45) is 5.30. The Bertz CT molecular complexity index is 397. The van der Waals surface area contributed by atoms with Gasteiger partial charge in [-0.15, -0.1) is 0 Å². The highest BCUT2D eigenvalue weighted by atomic mass is 16.5. The molecule has 0 saturated carbocycles. The van der Waals surface area contributed by atoms with Gasteiger partial charge in [0.05, 0.1) is 11.8 Å². The highest BCUT2D eigenvalue weighted by Gasteiger charge is 2.38. The van der Waals surface area contributed by atoms with Crippen LogP contribution < -0.4 is 10.6 Å². The summed E-state index contributed by atoms with van der Waals surface area (Å²) in [6, 6.07) is 3.73. The van der Waals surface area contributed by atoms with Crippen molar-refractivity contribution in [3.8, 4) is 0 Å². The second kappa shape index (κ2) is 7.45. The average Bonchev–Trinajstić information content (AvgIpc) is 3.13. The van der Waals surface area contributed by atoms with Gasteiger partial charge in [0.15, 0.2) is 0 Å². The molecule has 1 aromatic heterocycles. The third-order valence-electron chi connectivity index (χ3n) is 3.86. The third kappa shape index (κ3) is 3.84. The van der Waals surface area contributed by atoms with Gasteiger partial charge < -0.3 is 19.8 Å². The van der Waals surface area contributed by atoms with Crippen molar-refractivity contribution in [3.05, 3.63) is 24.2 Å². The summed E-state index contributed by atoms with van der Waals surface area (Å²) in [4.78, 5) is 12.2. The molecule has 2 heterocycles. The summed E-state index contributed by atoms with van der Waals surface area (Å²) in [5.41, 5.74) is -0.338. The van der Waals surface area contributed by atoms with Crippen molar-refractivity contribution in [2.45, 2.75) is 44.8 Å². The monoisotopic (exact) mass is 280 g/mol. The van der Waals surface area contributed by atoms with Crippen molar-refractivity contribution in [2.24, 2.45) is 0 Å². The van der Waals surface area contributed by atoms with Crippen molar-refractivity contribution in [3.63, 3.8) is 0 Å². The van der Waals surface area contributed by atoms with Crippen molar-refractivity contribution >= 4 is 5.91 Å². The number of amides is 1. The molecule has 20 heavy (non-hydrogen) atoms. The third-order valence-corrected chi connectivity index (χ3v) is 3.86. The molecule has 2 rings (SSSR count). The predicted octanol–water partition coefficient (Wildman–Crippen LogP) is 1.83. The quantitative estimate of drug-likeness (QED) is 0.713. The zero-order valence-corrected chi connectivity index (χ0v) is 12.1. The fraction of sp³-hybridized carbons (Fsp3) is 0.667. The minimum absolute atomic E-state index is 0.128. The molecule has 0 spiro atoms. The molecule has 2 N–H and O–H groups in total. The van der Waals surface area contributed by atoms with Crippen LogP contribution in [0.15, 0.2) is 22.8 Å². The van der Waals surface area contributed by atoms with Crippen LogP contribution in [0, 0.1) is 0 Å². The van der Waals surface area contributed by atoms with E-state index in [1.54, 1.807) is 6.26 Å². The maximum Gasteiger partial charge on any atom is 0.240 e. The first kappa shape index (κ1) is 15.1. The molecule has 1 amide bonds. The molecular weight excluding hydrogens is 256 g/mol. The molecule has 1 unspecified atom stereocenters. The molecule has 0 radical (unpaired) electrons. The summed E-state index contributed by atoms with van der Waals surface area (Å²) in [5.74, 6) is 0.956. The Kier molecular flexibility index (Phi) is 5.61. The lowest BCUT2D eigenvalue weighted by atomic mass is 9.93. The summed E-state index contributed by atoms with van der Waals surface area (Å²) >= 11 is 0. The molecule has 0 aromatic carbocycles. The molecule has 1 saturated heterocycles. The highest BCUT2D eigenvalue weighted by molar-refractivity contribution is 5.86. The fourth-order valence-electron chi connectivity index (χ4n) is 2.58. The minimum Gasteiger partial charge on any atom is -0.467 e. The van der Waals surface area contributed by atoms with Crippen LogP contribution >= 0.6 is 0 Å². The topological polar surface area (TPSA) is 63.5 Å². The first-order valence-corrected chi connectivity index (χ1v) is 7.40. The van der Waals surface area contributed by atoms with Gasteiger partial charge in [0, 0.05) is 13.2 Å². The van der Waals surface area contributed by atoms with Crippen LogP contribution in [-0.4, -0.2) is 31.1 Å². The van der Waals surface area contributed by atoms with E-state index >= 15 is 0 Å². The molecule has 0 bridgehead atoms. The van der Waals surface area contributed by atoms with Gasteiger partial charge in [-0.05, 0) is 44.4 Å². The molecular formula is C15H24N2O3. The van der Waals surface area contributed by atoms with E-state index in [9.17, 15) is 4.79 Å². The number of carbonyl (C=O) groups excluding carboxylic acids is 1. The Morgan fingerprint density at radius 1 is 1.60 bits per heavy atom. The van der Waals surface area contributed by atoms with Crippen LogP contribution in [0.4, 0.5) is 0 Å². The molecule has 5 heteroatoms. The fourth-order valence-corrected chi connectivity index (χ4v) is 2.58. The first-order valence-electron chi connectivity index (χ1n) is 7.40. The Balaban J connectivity index is 1.57. The summed E-state index contributed by atoms with van der Waals surface area (Å²) in [7, 11) is 0. The molecule has 1 atom stereocenters. The number of ether oxygens (including phenoxy) is 1. The number of furan rings is 1. The Morgan fingerprint density at radius 3 is 3.15 bits per heavy atom. The van der Waals surface area contributed by atoms with Crippen molar-refractivity contribution in [1.29, 1.82) is 0 Å². The maximum absolute atomic E-state index is 12.2. The molecule has 0 aliphatic carbocycles. The standard InChI is InChI=1S/C15H24N2O3/c1-2-15(7-4-9-17-15)14(18)16-8-5-10-19-12-13-6-3-11-20-13/h3,6,11,17H,2,4-5,7-10,12H2,1H3,(H,16,18). The largest absolute Gasteiger partial charge is 0.467 e. The first-order chi connectivity index (χ1) is 9.77. The van der Waals surface area contributed by atoms with E-state index < -0.39 is 0 Å². The lowest BCUT2D eigenvalue weighted by Gasteiger charge is -2.26. The summed E-state index contributed by atoms with van der Waals surface area (Å²) < 4.78 is 10.6. The lowest BCUT2D eigenvalue weighted by molar-refractivity contribution is -0.127. The zero-order valence-electron chi connectivity index (χ0n) is 12.1. The van der Waals surface area contributed by atoms with Crippen LogP contribution in [-0.2, 0) is 16.1 Å². The SMILES string of the molecule is CCC1(C(=O)NCCCOCc2ccco2)CCCN1.